The third-order valence-corrected chi connectivity index (χ3v) is 10.6. The van der Waals surface area contributed by atoms with Crippen LogP contribution in [0.5, 0.6) is 0 Å². The topological polar surface area (TPSA) is 25.8 Å². The zero-order valence-corrected chi connectivity index (χ0v) is 26.1. The van der Waals surface area contributed by atoms with E-state index in [2.05, 4.69) is 146 Å². The maximum atomic E-state index is 5.23. The molecule has 3 heteroatoms. The number of fused-ring (bicyclic) bond motifs is 11. The van der Waals surface area contributed by atoms with Crippen molar-refractivity contribution in [3.05, 3.63) is 158 Å². The van der Waals surface area contributed by atoms with Gasteiger partial charge in [0.25, 0.3) is 0 Å². The summed E-state index contributed by atoms with van der Waals surface area (Å²) in [5, 5.41) is 10.5. The second-order valence-electron chi connectivity index (χ2n) is 12.1. The molecule has 0 saturated heterocycles. The maximum Gasteiger partial charge on any atom is 0.0973 e. The Hall–Kier alpha value is -5.90. The first-order valence-electron chi connectivity index (χ1n) is 15.9. The lowest BCUT2D eigenvalue weighted by Crippen LogP contribution is -1.95. The maximum absolute atomic E-state index is 5.23. The Morgan fingerprint density at radius 3 is 1.72 bits per heavy atom. The van der Waals surface area contributed by atoms with Crippen LogP contribution in [0.4, 0.5) is 0 Å². The van der Waals surface area contributed by atoms with E-state index < -0.39 is 0 Å². The molecule has 47 heavy (non-hydrogen) atoms. The molecule has 0 radical (unpaired) electrons. The highest BCUT2D eigenvalue weighted by Crippen LogP contribution is 2.46. The summed E-state index contributed by atoms with van der Waals surface area (Å²) in [6.07, 6.45) is 0. The molecule has 0 amide bonds. The number of hydrogen-bond donors (Lipinski definition) is 0. The zero-order valence-electron chi connectivity index (χ0n) is 25.3. The van der Waals surface area contributed by atoms with Gasteiger partial charge in [-0.3, -0.25) is 0 Å². The number of rotatable bonds is 3. The summed E-state index contributed by atoms with van der Waals surface area (Å²) < 4.78 is 2.70. The van der Waals surface area contributed by atoms with Crippen LogP contribution in [0.2, 0.25) is 0 Å². The fourth-order valence-electron chi connectivity index (χ4n) is 7.24. The van der Waals surface area contributed by atoms with Crippen LogP contribution in [0.1, 0.15) is 0 Å². The third kappa shape index (κ3) is 4.10. The van der Waals surface area contributed by atoms with E-state index in [1.54, 1.807) is 0 Å². The summed E-state index contributed by atoms with van der Waals surface area (Å²) in [4.78, 5) is 10.4. The van der Waals surface area contributed by atoms with Crippen LogP contribution in [0.25, 0.3) is 97.2 Å². The molecule has 0 aliphatic carbocycles. The average molecular weight is 615 g/mol. The lowest BCUT2D eigenvalue weighted by atomic mass is 9.91. The number of nitrogens with zero attached hydrogens (tertiary/aromatic N) is 2. The van der Waals surface area contributed by atoms with Crippen molar-refractivity contribution < 1.29 is 0 Å². The highest BCUT2D eigenvalue weighted by Gasteiger charge is 2.17. The second kappa shape index (κ2) is 10.3. The molecule has 8 aromatic carbocycles. The molecule has 0 saturated carbocycles. The van der Waals surface area contributed by atoms with Crippen molar-refractivity contribution in [2.75, 3.05) is 0 Å². The fourth-order valence-corrected chi connectivity index (χ4v) is 8.49. The van der Waals surface area contributed by atoms with Gasteiger partial charge in [-0.15, -0.1) is 11.3 Å². The third-order valence-electron chi connectivity index (χ3n) is 9.42. The van der Waals surface area contributed by atoms with Gasteiger partial charge in [-0.1, -0.05) is 133 Å². The highest BCUT2D eigenvalue weighted by atomic mass is 32.1. The molecular formula is C44H26N2S. The van der Waals surface area contributed by atoms with Gasteiger partial charge in [0.15, 0.2) is 0 Å². The van der Waals surface area contributed by atoms with Crippen molar-refractivity contribution in [3.8, 4) is 33.6 Å². The second-order valence-corrected chi connectivity index (χ2v) is 13.2. The van der Waals surface area contributed by atoms with Gasteiger partial charge in [0.1, 0.15) is 0 Å². The lowest BCUT2D eigenvalue weighted by Gasteiger charge is -2.13. The Kier molecular flexibility index (Phi) is 5.78. The van der Waals surface area contributed by atoms with Gasteiger partial charge in [-0.05, 0) is 62.3 Å². The van der Waals surface area contributed by atoms with E-state index in [4.69, 9.17) is 9.97 Å². The molecule has 2 heterocycles. The summed E-state index contributed by atoms with van der Waals surface area (Å²) in [5.41, 5.74) is 7.98. The summed E-state index contributed by atoms with van der Waals surface area (Å²) in [6.45, 7) is 0. The first-order valence-corrected chi connectivity index (χ1v) is 16.7. The summed E-state index contributed by atoms with van der Waals surface area (Å²) in [5.74, 6) is 0. The number of benzene rings is 8. The minimum Gasteiger partial charge on any atom is -0.244 e. The minimum absolute atomic E-state index is 0.886. The number of aromatic nitrogens is 2. The summed E-state index contributed by atoms with van der Waals surface area (Å²) in [7, 11) is 0. The van der Waals surface area contributed by atoms with Crippen LogP contribution in [0.15, 0.2) is 158 Å². The quantitative estimate of drug-likeness (QED) is 0.185. The van der Waals surface area contributed by atoms with Gasteiger partial charge in [-0.25, -0.2) is 9.97 Å². The van der Waals surface area contributed by atoms with Crippen LogP contribution >= 0.6 is 11.3 Å². The molecule has 218 valence electrons. The van der Waals surface area contributed by atoms with Gasteiger partial charge >= 0.3 is 0 Å². The van der Waals surface area contributed by atoms with E-state index in [-0.39, 0.29) is 0 Å². The Morgan fingerprint density at radius 2 is 0.957 bits per heavy atom. The molecule has 0 unspecified atom stereocenters. The zero-order chi connectivity index (χ0) is 30.9. The van der Waals surface area contributed by atoms with Gasteiger partial charge in [-0.2, -0.15) is 0 Å². The Labute approximate surface area is 275 Å². The smallest absolute Gasteiger partial charge is 0.0973 e. The van der Waals surface area contributed by atoms with E-state index in [0.29, 0.717) is 0 Å². The molecule has 0 atom stereocenters. The number of hydrogen-bond acceptors (Lipinski definition) is 3. The average Bonchev–Trinajstić information content (AvgIpc) is 3.54. The Bertz CT molecular complexity index is 2840. The number of thiophene rings is 1. The van der Waals surface area contributed by atoms with E-state index >= 15 is 0 Å². The van der Waals surface area contributed by atoms with Crippen molar-refractivity contribution in [2.45, 2.75) is 0 Å². The highest BCUT2D eigenvalue weighted by molar-refractivity contribution is 7.27. The van der Waals surface area contributed by atoms with Crippen LogP contribution < -0.4 is 0 Å². The predicted molar refractivity (Wildman–Crippen MR) is 201 cm³/mol. The van der Waals surface area contributed by atoms with E-state index in [0.717, 1.165) is 39.1 Å². The molecule has 10 rings (SSSR count). The first kappa shape index (κ1) is 26.3. The predicted octanol–water partition coefficient (Wildman–Crippen LogP) is 12.5. The molecule has 0 fully saturated rings. The van der Waals surface area contributed by atoms with Crippen molar-refractivity contribution in [2.24, 2.45) is 0 Å². The molecule has 0 spiro atoms. The molecule has 2 aromatic heterocycles. The molecular weight excluding hydrogens is 589 g/mol. The summed E-state index contributed by atoms with van der Waals surface area (Å²) in [6, 6.07) is 56.4. The molecule has 10 aromatic rings. The monoisotopic (exact) mass is 614 g/mol. The van der Waals surface area contributed by atoms with E-state index in [9.17, 15) is 0 Å². The van der Waals surface area contributed by atoms with Crippen molar-refractivity contribution in [1.82, 2.24) is 9.97 Å². The minimum atomic E-state index is 0.886. The molecule has 0 aliphatic rings. The fraction of sp³-hybridized carbons (Fsp3) is 0. The van der Waals surface area contributed by atoms with E-state index in [1.165, 1.54) is 58.1 Å². The molecule has 2 nitrogen and oxygen atoms in total. The van der Waals surface area contributed by atoms with Crippen LogP contribution in [-0.2, 0) is 0 Å². The normalized spacial score (nSPS) is 11.8. The Balaban J connectivity index is 1.17. The molecule has 0 bridgehead atoms. The lowest BCUT2D eigenvalue weighted by molar-refractivity contribution is 1.29. The van der Waals surface area contributed by atoms with Crippen LogP contribution in [0, 0.1) is 0 Å². The van der Waals surface area contributed by atoms with Gasteiger partial charge in [0.05, 0.1) is 22.4 Å². The van der Waals surface area contributed by atoms with Crippen LogP contribution in [-0.4, -0.2) is 9.97 Å². The molecule has 0 N–H and O–H groups in total. The van der Waals surface area contributed by atoms with Crippen molar-refractivity contribution in [1.29, 1.82) is 0 Å². The first-order chi connectivity index (χ1) is 23.3. The largest absolute Gasteiger partial charge is 0.244 e. The Morgan fingerprint density at radius 1 is 0.362 bits per heavy atom. The standard InChI is InChI=1S/C44H26N2S/c1-3-11-27(12-4-1)42-43(28-13-5-2-6-14-28)46-38-26-30(21-24-37(38)45-42)29-19-22-32-31(25-29)20-23-36-40(32)33-15-7-8-16-34(33)44-41(36)35-17-9-10-18-39(35)47-44/h1-26H. The van der Waals surface area contributed by atoms with Gasteiger partial charge in [0.2, 0.25) is 0 Å². The summed E-state index contributed by atoms with van der Waals surface area (Å²) >= 11 is 1.90. The van der Waals surface area contributed by atoms with E-state index in [1.807, 2.05) is 23.5 Å². The van der Waals surface area contributed by atoms with Gasteiger partial charge < -0.3 is 0 Å². The molecule has 0 aliphatic heterocycles. The van der Waals surface area contributed by atoms with Crippen LogP contribution in [0.3, 0.4) is 0 Å². The van der Waals surface area contributed by atoms with Crippen molar-refractivity contribution in [3.63, 3.8) is 0 Å². The SMILES string of the molecule is c1ccc(-c2nc3ccc(-c4ccc5c(ccc6c5c5ccccc5c5sc7ccccc7c65)c4)cc3nc2-c2ccccc2)cc1. The van der Waals surface area contributed by atoms with Gasteiger partial charge in [0, 0.05) is 36.7 Å². The van der Waals surface area contributed by atoms with Crippen molar-refractivity contribution >= 4 is 74.9 Å².